The summed E-state index contributed by atoms with van der Waals surface area (Å²) in [5.41, 5.74) is 6.89. The van der Waals surface area contributed by atoms with Crippen molar-refractivity contribution in [1.29, 1.82) is 0 Å². The minimum Gasteiger partial charge on any atom is -0.369 e. The van der Waals surface area contributed by atoms with Crippen LogP contribution in [0.3, 0.4) is 0 Å². The number of aromatic nitrogens is 5. The van der Waals surface area contributed by atoms with Crippen LogP contribution in [0.25, 0.3) is 16.9 Å². The van der Waals surface area contributed by atoms with Gasteiger partial charge in [-0.05, 0) is 39.0 Å². The quantitative estimate of drug-likeness (QED) is 0.790. The first-order valence-corrected chi connectivity index (χ1v) is 7.03. The monoisotopic (exact) mass is 298 g/mol. The average molecular weight is 298 g/mol. The van der Waals surface area contributed by atoms with E-state index in [2.05, 4.69) is 15.2 Å². The summed E-state index contributed by atoms with van der Waals surface area (Å²) in [5, 5.41) is 8.63. The predicted molar refractivity (Wildman–Crippen MR) is 82.1 cm³/mol. The van der Waals surface area contributed by atoms with E-state index in [0.717, 1.165) is 11.1 Å². The van der Waals surface area contributed by atoms with Gasteiger partial charge in [-0.1, -0.05) is 0 Å². The van der Waals surface area contributed by atoms with E-state index < -0.39 is 5.91 Å². The molecule has 0 radical (unpaired) electrons. The zero-order chi connectivity index (χ0) is 15.9. The van der Waals surface area contributed by atoms with Gasteiger partial charge >= 0.3 is 0 Å². The van der Waals surface area contributed by atoms with Crippen LogP contribution in [0.4, 0.5) is 0 Å². The van der Waals surface area contributed by atoms with Crippen molar-refractivity contribution < 1.29 is 4.79 Å². The van der Waals surface area contributed by atoms with Gasteiger partial charge in [-0.2, -0.15) is 10.2 Å². The highest BCUT2D eigenvalue weighted by Gasteiger charge is 2.22. The van der Waals surface area contributed by atoms with Gasteiger partial charge in [0.15, 0.2) is 11.6 Å². The molecule has 0 spiro atoms. The number of nitrogens with two attached hydrogens (primary N) is 1. The fourth-order valence-corrected chi connectivity index (χ4v) is 2.30. The average Bonchev–Trinajstić information content (AvgIpc) is 3.02. The van der Waals surface area contributed by atoms with E-state index in [9.17, 15) is 4.79 Å². The number of carbonyl (C=O) groups excluding carboxylic acids is 1. The fraction of sp³-hybridized carbons (Fsp3) is 0.333. The normalized spacial score (nSPS) is 12.0. The predicted octanol–water partition coefficient (Wildman–Crippen LogP) is 1.38. The molecule has 0 fully saturated rings. The Kier molecular flexibility index (Phi) is 3.20. The molecular formula is C15H18N6O. The van der Waals surface area contributed by atoms with Crippen LogP contribution in [0, 0.1) is 0 Å². The van der Waals surface area contributed by atoms with Crippen LogP contribution in [-0.2, 0) is 16.8 Å². The van der Waals surface area contributed by atoms with Crippen molar-refractivity contribution in [3.63, 3.8) is 0 Å². The van der Waals surface area contributed by atoms with Crippen molar-refractivity contribution in [3.8, 4) is 11.4 Å². The first-order valence-electron chi connectivity index (χ1n) is 7.03. The Bertz CT molecular complexity index is 839. The Balaban J connectivity index is 2.14. The molecule has 0 saturated carbocycles. The number of pyridine rings is 1. The zero-order valence-electron chi connectivity index (χ0n) is 12.8. The highest BCUT2D eigenvalue weighted by molar-refractivity contribution is 5.76. The van der Waals surface area contributed by atoms with Gasteiger partial charge in [0.25, 0.3) is 0 Å². The molecule has 7 nitrogen and oxygen atoms in total. The van der Waals surface area contributed by atoms with Gasteiger partial charge in [0, 0.05) is 18.0 Å². The third-order valence-corrected chi connectivity index (χ3v) is 3.28. The summed E-state index contributed by atoms with van der Waals surface area (Å²) in [6.45, 7) is 6.11. The lowest BCUT2D eigenvalue weighted by Gasteiger charge is -2.21. The second-order valence-corrected chi connectivity index (χ2v) is 6.19. The maximum Gasteiger partial charge on any atom is 0.225 e. The van der Waals surface area contributed by atoms with Gasteiger partial charge in [-0.25, -0.2) is 14.2 Å². The largest absolute Gasteiger partial charge is 0.369 e. The first kappa shape index (κ1) is 14.2. The minimum atomic E-state index is -0.441. The van der Waals surface area contributed by atoms with Crippen molar-refractivity contribution in [2.75, 3.05) is 0 Å². The number of amides is 1. The second kappa shape index (κ2) is 4.94. The molecule has 0 aliphatic rings. The molecule has 3 aromatic heterocycles. The van der Waals surface area contributed by atoms with Crippen molar-refractivity contribution >= 4 is 11.4 Å². The van der Waals surface area contributed by atoms with Crippen LogP contribution in [0.5, 0.6) is 0 Å². The Hall–Kier alpha value is -2.70. The van der Waals surface area contributed by atoms with Gasteiger partial charge in [0.2, 0.25) is 5.91 Å². The summed E-state index contributed by atoms with van der Waals surface area (Å²) < 4.78 is 3.61. The summed E-state index contributed by atoms with van der Waals surface area (Å²) in [5.74, 6) is 0.710. The molecule has 2 N–H and O–H groups in total. The summed E-state index contributed by atoms with van der Waals surface area (Å²) in [6.07, 6.45) is 3.65. The number of hydrogen-bond donors (Lipinski definition) is 1. The number of rotatable bonds is 3. The summed E-state index contributed by atoms with van der Waals surface area (Å²) in [4.78, 5) is 15.6. The molecule has 0 aliphatic carbocycles. The lowest BCUT2D eigenvalue weighted by atomic mass is 10.1. The third-order valence-electron chi connectivity index (χ3n) is 3.28. The van der Waals surface area contributed by atoms with E-state index >= 15 is 0 Å². The van der Waals surface area contributed by atoms with Gasteiger partial charge < -0.3 is 5.73 Å². The second-order valence-electron chi connectivity index (χ2n) is 6.19. The molecule has 0 bridgehead atoms. The minimum absolute atomic E-state index is 0.0327. The van der Waals surface area contributed by atoms with Crippen molar-refractivity contribution in [1.82, 2.24) is 24.4 Å². The van der Waals surface area contributed by atoms with Crippen molar-refractivity contribution in [2.24, 2.45) is 5.73 Å². The third kappa shape index (κ3) is 2.57. The first-order chi connectivity index (χ1) is 10.3. The molecule has 0 aromatic carbocycles. The highest BCUT2D eigenvalue weighted by Crippen LogP contribution is 2.25. The molecular weight excluding hydrogens is 280 g/mol. The Morgan fingerprint density at radius 3 is 2.77 bits per heavy atom. The molecule has 114 valence electrons. The molecule has 0 saturated heterocycles. The molecule has 0 aliphatic heterocycles. The van der Waals surface area contributed by atoms with Crippen LogP contribution < -0.4 is 5.73 Å². The summed E-state index contributed by atoms with van der Waals surface area (Å²) in [6, 6.07) is 5.85. The molecule has 3 rings (SSSR count). The van der Waals surface area contributed by atoms with E-state index in [4.69, 9.17) is 5.73 Å². The van der Waals surface area contributed by atoms with Crippen LogP contribution in [0.15, 0.2) is 30.6 Å². The number of hydrogen-bond acceptors (Lipinski definition) is 4. The molecule has 3 heterocycles. The Morgan fingerprint density at radius 1 is 1.32 bits per heavy atom. The topological polar surface area (TPSA) is 91.1 Å². The molecule has 3 aromatic rings. The molecule has 0 unspecified atom stereocenters. The number of carbonyl (C=O) groups is 1. The molecule has 22 heavy (non-hydrogen) atoms. The number of nitrogens with zero attached hydrogens (tertiary/aromatic N) is 5. The van der Waals surface area contributed by atoms with Crippen LogP contribution in [-0.4, -0.2) is 30.3 Å². The van der Waals surface area contributed by atoms with Gasteiger partial charge in [0.1, 0.15) is 0 Å². The van der Waals surface area contributed by atoms with Crippen LogP contribution in [0.1, 0.15) is 26.6 Å². The summed E-state index contributed by atoms with van der Waals surface area (Å²) in [7, 11) is 0. The maximum atomic E-state index is 11.1. The van der Waals surface area contributed by atoms with E-state index in [0.29, 0.717) is 11.6 Å². The van der Waals surface area contributed by atoms with Gasteiger partial charge in [0.05, 0.1) is 17.5 Å². The number of fused-ring (bicyclic) bond motifs is 1. The Labute approximate surface area is 127 Å². The van der Waals surface area contributed by atoms with Crippen LogP contribution >= 0.6 is 0 Å². The standard InChI is InChI=1S/C15H18N6O/c1-15(2,3)21-14(18-13(19-21)9-12(16)22)10-5-7-20-11(8-10)4-6-17-20/h4-8H,9H2,1-3H3,(H2,16,22). The van der Waals surface area contributed by atoms with Gasteiger partial charge in [-0.3, -0.25) is 4.79 Å². The van der Waals surface area contributed by atoms with Crippen LogP contribution in [0.2, 0.25) is 0 Å². The number of primary amides is 1. The van der Waals surface area contributed by atoms with Crippen molar-refractivity contribution in [2.45, 2.75) is 32.7 Å². The van der Waals surface area contributed by atoms with Gasteiger partial charge in [-0.15, -0.1) is 0 Å². The molecule has 0 atom stereocenters. The lowest BCUT2D eigenvalue weighted by Crippen LogP contribution is -2.24. The van der Waals surface area contributed by atoms with E-state index in [1.807, 2.05) is 49.8 Å². The SMILES string of the molecule is CC(C)(C)n1nc(CC(N)=O)nc1-c1ccn2nccc2c1. The lowest BCUT2D eigenvalue weighted by molar-refractivity contribution is -0.117. The molecule has 1 amide bonds. The van der Waals surface area contributed by atoms with E-state index in [-0.39, 0.29) is 12.0 Å². The fourth-order valence-electron chi connectivity index (χ4n) is 2.30. The Morgan fingerprint density at radius 2 is 2.09 bits per heavy atom. The highest BCUT2D eigenvalue weighted by atomic mass is 16.1. The summed E-state index contributed by atoms with van der Waals surface area (Å²) >= 11 is 0. The van der Waals surface area contributed by atoms with Crippen molar-refractivity contribution in [3.05, 3.63) is 36.4 Å². The zero-order valence-corrected chi connectivity index (χ0v) is 12.8. The van der Waals surface area contributed by atoms with E-state index in [1.54, 1.807) is 10.7 Å². The maximum absolute atomic E-state index is 11.1. The van der Waals surface area contributed by atoms with E-state index in [1.165, 1.54) is 0 Å². The molecule has 7 heteroatoms. The smallest absolute Gasteiger partial charge is 0.225 e.